The van der Waals surface area contributed by atoms with Gasteiger partial charge >= 0.3 is 5.97 Å². The summed E-state index contributed by atoms with van der Waals surface area (Å²) in [6, 6.07) is 4.46. The fourth-order valence-electron chi connectivity index (χ4n) is 1.93. The number of anilines is 1. The number of hydrogen-bond donors (Lipinski definition) is 3. The van der Waals surface area contributed by atoms with Crippen molar-refractivity contribution in [1.82, 2.24) is 5.32 Å². The first-order valence-electron chi connectivity index (χ1n) is 5.65. The molecule has 0 aliphatic carbocycles. The molecule has 1 atom stereocenters. The Morgan fingerprint density at radius 1 is 1.44 bits per heavy atom. The summed E-state index contributed by atoms with van der Waals surface area (Å²) >= 11 is 3.26. The lowest BCUT2D eigenvalue weighted by Gasteiger charge is -2.13. The van der Waals surface area contributed by atoms with E-state index in [1.165, 1.54) is 6.07 Å². The second kappa shape index (κ2) is 5.49. The third-order valence-corrected chi connectivity index (χ3v) is 3.34. The first-order valence-corrected chi connectivity index (χ1v) is 6.44. The van der Waals surface area contributed by atoms with Crippen LogP contribution in [0.25, 0.3) is 0 Å². The van der Waals surface area contributed by atoms with Crippen LogP contribution in [0, 0.1) is 0 Å². The van der Waals surface area contributed by atoms with Crippen molar-refractivity contribution in [1.29, 1.82) is 0 Å². The van der Waals surface area contributed by atoms with Crippen LogP contribution in [0.5, 0.6) is 0 Å². The van der Waals surface area contributed by atoms with Crippen molar-refractivity contribution in [3.63, 3.8) is 0 Å². The van der Waals surface area contributed by atoms with E-state index in [4.69, 9.17) is 5.11 Å². The molecule has 18 heavy (non-hydrogen) atoms. The van der Waals surface area contributed by atoms with Gasteiger partial charge in [0.15, 0.2) is 0 Å². The molecule has 0 aromatic heterocycles. The van der Waals surface area contributed by atoms with Crippen LogP contribution < -0.4 is 10.6 Å². The van der Waals surface area contributed by atoms with Gasteiger partial charge in [-0.1, -0.05) is 15.9 Å². The van der Waals surface area contributed by atoms with Crippen LogP contribution in [-0.2, 0) is 4.79 Å². The monoisotopic (exact) mass is 312 g/mol. The minimum Gasteiger partial charge on any atom is -0.478 e. The average Bonchev–Trinajstić information content (AvgIpc) is 2.81. The number of hydrogen-bond acceptors (Lipinski definition) is 3. The molecule has 1 heterocycles. The summed E-state index contributed by atoms with van der Waals surface area (Å²) in [4.78, 5) is 23.0. The minimum absolute atomic E-state index is 0.0875. The lowest BCUT2D eigenvalue weighted by molar-refractivity contribution is -0.117. The van der Waals surface area contributed by atoms with Gasteiger partial charge in [0.25, 0.3) is 0 Å². The Kier molecular flexibility index (Phi) is 3.98. The van der Waals surface area contributed by atoms with Gasteiger partial charge in [-0.3, -0.25) is 4.79 Å². The van der Waals surface area contributed by atoms with E-state index in [-0.39, 0.29) is 17.5 Å². The van der Waals surface area contributed by atoms with Gasteiger partial charge in [-0.05, 0) is 37.6 Å². The van der Waals surface area contributed by atoms with E-state index >= 15 is 0 Å². The smallest absolute Gasteiger partial charge is 0.337 e. The van der Waals surface area contributed by atoms with Gasteiger partial charge in [0.1, 0.15) is 0 Å². The lowest BCUT2D eigenvalue weighted by Crippen LogP contribution is -2.35. The van der Waals surface area contributed by atoms with Crippen molar-refractivity contribution in [3.05, 3.63) is 28.2 Å². The number of carboxylic acids is 1. The molecule has 1 aliphatic rings. The number of nitrogens with one attached hydrogen (secondary N) is 2. The summed E-state index contributed by atoms with van der Waals surface area (Å²) in [5.41, 5.74) is 0.403. The van der Waals surface area contributed by atoms with E-state index < -0.39 is 5.97 Å². The van der Waals surface area contributed by atoms with Gasteiger partial charge in [-0.25, -0.2) is 4.79 Å². The van der Waals surface area contributed by atoms with Gasteiger partial charge in [0.05, 0.1) is 17.3 Å². The van der Waals surface area contributed by atoms with Crippen LogP contribution in [0.4, 0.5) is 5.69 Å². The van der Waals surface area contributed by atoms with Gasteiger partial charge in [0.2, 0.25) is 5.91 Å². The number of aromatic carboxylic acids is 1. The topological polar surface area (TPSA) is 78.4 Å². The van der Waals surface area contributed by atoms with Crippen molar-refractivity contribution in [3.8, 4) is 0 Å². The highest BCUT2D eigenvalue weighted by Gasteiger charge is 2.23. The molecule has 5 nitrogen and oxygen atoms in total. The molecule has 1 aromatic rings. The van der Waals surface area contributed by atoms with Crippen molar-refractivity contribution in [2.45, 2.75) is 18.9 Å². The first-order chi connectivity index (χ1) is 8.58. The molecule has 1 saturated heterocycles. The van der Waals surface area contributed by atoms with Crippen LogP contribution in [0.3, 0.4) is 0 Å². The third kappa shape index (κ3) is 2.88. The fourth-order valence-corrected chi connectivity index (χ4v) is 2.30. The Morgan fingerprint density at radius 3 is 2.83 bits per heavy atom. The fraction of sp³-hybridized carbons (Fsp3) is 0.333. The minimum atomic E-state index is -1.06. The summed E-state index contributed by atoms with van der Waals surface area (Å²) in [5, 5.41) is 14.8. The van der Waals surface area contributed by atoms with Gasteiger partial charge in [-0.15, -0.1) is 0 Å². The van der Waals surface area contributed by atoms with Crippen LogP contribution >= 0.6 is 15.9 Å². The Hall–Kier alpha value is -1.40. The van der Waals surface area contributed by atoms with Crippen molar-refractivity contribution < 1.29 is 14.7 Å². The Balaban J connectivity index is 2.19. The van der Waals surface area contributed by atoms with E-state index in [2.05, 4.69) is 26.6 Å². The molecule has 3 N–H and O–H groups in total. The molecular weight excluding hydrogens is 300 g/mol. The summed E-state index contributed by atoms with van der Waals surface area (Å²) in [5.74, 6) is -1.25. The van der Waals surface area contributed by atoms with Crippen LogP contribution in [0.2, 0.25) is 0 Å². The maximum atomic E-state index is 11.9. The highest BCUT2D eigenvalue weighted by Crippen LogP contribution is 2.22. The summed E-state index contributed by atoms with van der Waals surface area (Å²) < 4.78 is 0.724. The highest BCUT2D eigenvalue weighted by molar-refractivity contribution is 9.10. The van der Waals surface area contributed by atoms with Gasteiger partial charge in [-0.2, -0.15) is 0 Å². The first kappa shape index (κ1) is 13.0. The highest BCUT2D eigenvalue weighted by atomic mass is 79.9. The maximum absolute atomic E-state index is 11.9. The molecule has 1 aromatic carbocycles. The molecule has 6 heteroatoms. The molecule has 0 bridgehead atoms. The van der Waals surface area contributed by atoms with Crippen LogP contribution in [-0.4, -0.2) is 29.6 Å². The van der Waals surface area contributed by atoms with Crippen molar-refractivity contribution >= 4 is 33.5 Å². The van der Waals surface area contributed by atoms with E-state index in [1.807, 2.05) is 0 Å². The standard InChI is InChI=1S/C12H13BrN2O3/c13-7-3-4-8(12(17)18)10(6-7)15-11(16)9-2-1-5-14-9/h3-4,6,9,14H,1-2,5H2,(H,15,16)(H,17,18)/t9-/m1/s1. The Morgan fingerprint density at radius 2 is 2.22 bits per heavy atom. The van der Waals surface area contributed by atoms with Gasteiger partial charge in [0, 0.05) is 4.47 Å². The SMILES string of the molecule is O=C(O)c1ccc(Br)cc1NC(=O)[C@H]1CCCN1. The largest absolute Gasteiger partial charge is 0.478 e. The molecule has 0 spiro atoms. The predicted octanol–water partition coefficient (Wildman–Crippen LogP) is 1.84. The second-order valence-electron chi connectivity index (χ2n) is 4.13. The average molecular weight is 313 g/mol. The third-order valence-electron chi connectivity index (χ3n) is 2.85. The summed E-state index contributed by atoms with van der Waals surface area (Å²) in [6.45, 7) is 0.822. The molecule has 96 valence electrons. The van der Waals surface area contributed by atoms with Crippen LogP contribution in [0.1, 0.15) is 23.2 Å². The second-order valence-corrected chi connectivity index (χ2v) is 5.05. The zero-order chi connectivity index (χ0) is 13.1. The van der Waals surface area contributed by atoms with Gasteiger partial charge < -0.3 is 15.7 Å². The number of rotatable bonds is 3. The van der Waals surface area contributed by atoms with Crippen LogP contribution in [0.15, 0.2) is 22.7 Å². The molecule has 1 aliphatic heterocycles. The number of carboxylic acid groups (broad SMARTS) is 1. The molecule has 1 fully saturated rings. The molecule has 1 amide bonds. The molecule has 2 rings (SSSR count). The molecule has 0 saturated carbocycles. The number of halogens is 1. The normalized spacial score (nSPS) is 18.6. The van der Waals surface area contributed by atoms with Crippen molar-refractivity contribution in [2.75, 3.05) is 11.9 Å². The lowest BCUT2D eigenvalue weighted by atomic mass is 10.1. The zero-order valence-corrected chi connectivity index (χ0v) is 11.2. The van der Waals surface area contributed by atoms with E-state index in [0.29, 0.717) is 5.69 Å². The Labute approximate surface area is 113 Å². The molecule has 0 radical (unpaired) electrons. The number of carbonyl (C=O) groups excluding carboxylic acids is 1. The summed E-state index contributed by atoms with van der Waals surface area (Å²) in [7, 11) is 0. The number of amides is 1. The summed E-state index contributed by atoms with van der Waals surface area (Å²) in [6.07, 6.45) is 1.74. The Bertz CT molecular complexity index is 484. The predicted molar refractivity (Wildman–Crippen MR) is 70.8 cm³/mol. The maximum Gasteiger partial charge on any atom is 0.337 e. The zero-order valence-electron chi connectivity index (χ0n) is 9.57. The number of benzene rings is 1. The number of carbonyl (C=O) groups is 2. The van der Waals surface area contributed by atoms with E-state index in [1.54, 1.807) is 12.1 Å². The van der Waals surface area contributed by atoms with E-state index in [0.717, 1.165) is 23.9 Å². The molecular formula is C12H13BrN2O3. The van der Waals surface area contributed by atoms with E-state index in [9.17, 15) is 9.59 Å². The van der Waals surface area contributed by atoms with Crippen molar-refractivity contribution in [2.24, 2.45) is 0 Å². The quantitative estimate of drug-likeness (QED) is 0.795. The molecule has 0 unspecified atom stereocenters.